The molecule has 0 saturated carbocycles. The highest BCUT2D eigenvalue weighted by molar-refractivity contribution is 5.76. The number of hydrogen-bond acceptors (Lipinski definition) is 8. The van der Waals surface area contributed by atoms with Crippen molar-refractivity contribution < 1.29 is 55.7 Å². The van der Waals surface area contributed by atoms with Gasteiger partial charge in [-0.25, -0.2) is 9.59 Å². The summed E-state index contributed by atoms with van der Waals surface area (Å²) in [6.07, 6.45) is -8.36. The number of ether oxygens (including phenoxy) is 1. The molecule has 39 heavy (non-hydrogen) atoms. The number of aromatic nitrogens is 4. The van der Waals surface area contributed by atoms with Crippen molar-refractivity contribution in [2.45, 2.75) is 31.4 Å². The van der Waals surface area contributed by atoms with Crippen molar-refractivity contribution in [1.29, 1.82) is 0 Å². The molecule has 1 aliphatic heterocycles. The molecule has 0 fully saturated rings. The molecule has 0 radical (unpaired) electrons. The van der Waals surface area contributed by atoms with Crippen LogP contribution >= 0.6 is 0 Å². The van der Waals surface area contributed by atoms with Gasteiger partial charge in [0.1, 0.15) is 12.3 Å². The van der Waals surface area contributed by atoms with Crippen molar-refractivity contribution >= 4 is 17.8 Å². The number of amides is 1. The van der Waals surface area contributed by atoms with Crippen LogP contribution in [0.3, 0.4) is 0 Å². The summed E-state index contributed by atoms with van der Waals surface area (Å²) in [6.45, 7) is 2.87. The second-order valence-corrected chi connectivity index (χ2v) is 8.14. The third kappa shape index (κ3) is 11.6. The number of hydrogen-bond donors (Lipinski definition) is 2. The maximum atomic E-state index is 11.7. The van der Waals surface area contributed by atoms with Crippen LogP contribution in [-0.2, 0) is 39.3 Å². The van der Waals surface area contributed by atoms with Crippen LogP contribution in [0, 0.1) is 0 Å². The predicted octanol–water partition coefficient (Wildman–Crippen LogP) is 1.68. The van der Waals surface area contributed by atoms with Crippen LogP contribution in [0.25, 0.3) is 0 Å². The molecular formula is C21H26F6N6O6. The SMILES string of the molecule is CN(C)C(=O)COCC1CN(Cc2ccccn2)Cc2nnn(C)c21.O=C(O)C(F)(F)F.O=C(O)C(F)(F)F. The van der Waals surface area contributed by atoms with Crippen LogP contribution in [0.5, 0.6) is 0 Å². The molecule has 1 atom stereocenters. The fourth-order valence-corrected chi connectivity index (χ4v) is 3.08. The lowest BCUT2D eigenvalue weighted by Gasteiger charge is -2.31. The van der Waals surface area contributed by atoms with Crippen molar-refractivity contribution in [3.05, 3.63) is 41.5 Å². The first-order valence-electron chi connectivity index (χ1n) is 10.8. The van der Waals surface area contributed by atoms with E-state index in [2.05, 4.69) is 20.2 Å². The number of carbonyl (C=O) groups excluding carboxylic acids is 1. The first-order valence-corrected chi connectivity index (χ1v) is 10.8. The number of aliphatic carboxylic acids is 2. The molecule has 1 unspecified atom stereocenters. The van der Waals surface area contributed by atoms with Gasteiger partial charge in [0.15, 0.2) is 0 Å². The number of halogens is 6. The maximum Gasteiger partial charge on any atom is 0.490 e. The van der Waals surface area contributed by atoms with Gasteiger partial charge in [-0.05, 0) is 12.1 Å². The number of alkyl halides is 6. The molecular weight excluding hydrogens is 546 g/mol. The van der Waals surface area contributed by atoms with Gasteiger partial charge in [-0.15, -0.1) is 5.10 Å². The molecule has 1 amide bonds. The largest absolute Gasteiger partial charge is 0.490 e. The molecule has 2 aromatic heterocycles. The Morgan fingerprint density at radius 3 is 2.10 bits per heavy atom. The Morgan fingerprint density at radius 2 is 1.64 bits per heavy atom. The van der Waals surface area contributed by atoms with Crippen molar-refractivity contribution in [2.24, 2.45) is 7.05 Å². The van der Waals surface area contributed by atoms with Gasteiger partial charge in [0, 0.05) is 52.9 Å². The van der Waals surface area contributed by atoms with Gasteiger partial charge >= 0.3 is 24.3 Å². The van der Waals surface area contributed by atoms with E-state index in [0.717, 1.165) is 36.7 Å². The lowest BCUT2D eigenvalue weighted by Crippen LogP contribution is -2.37. The highest BCUT2D eigenvalue weighted by Crippen LogP contribution is 2.27. The molecule has 2 aromatic rings. The van der Waals surface area contributed by atoms with Gasteiger partial charge in [-0.3, -0.25) is 19.4 Å². The average molecular weight is 572 g/mol. The minimum Gasteiger partial charge on any atom is -0.475 e. The number of aryl methyl sites for hydroxylation is 1. The van der Waals surface area contributed by atoms with Gasteiger partial charge in [-0.1, -0.05) is 11.3 Å². The maximum absolute atomic E-state index is 11.7. The average Bonchev–Trinajstić information content (AvgIpc) is 3.19. The molecule has 0 bridgehead atoms. The third-order valence-electron chi connectivity index (χ3n) is 4.82. The van der Waals surface area contributed by atoms with Crippen LogP contribution in [0.4, 0.5) is 26.3 Å². The van der Waals surface area contributed by atoms with E-state index < -0.39 is 24.3 Å². The molecule has 2 N–H and O–H groups in total. The first kappa shape index (κ1) is 33.2. The highest BCUT2D eigenvalue weighted by atomic mass is 19.4. The van der Waals surface area contributed by atoms with Crippen molar-refractivity contribution in [3.63, 3.8) is 0 Å². The summed E-state index contributed by atoms with van der Waals surface area (Å²) in [4.78, 5) is 37.7. The van der Waals surface area contributed by atoms with E-state index in [1.54, 1.807) is 20.3 Å². The van der Waals surface area contributed by atoms with E-state index in [1.807, 2.05) is 29.9 Å². The van der Waals surface area contributed by atoms with Crippen molar-refractivity contribution in [1.82, 2.24) is 29.8 Å². The number of carboxylic acid groups (broad SMARTS) is 2. The predicted molar refractivity (Wildman–Crippen MR) is 119 cm³/mol. The lowest BCUT2D eigenvalue weighted by molar-refractivity contribution is -0.193. The van der Waals surface area contributed by atoms with Crippen LogP contribution in [0.1, 0.15) is 23.0 Å². The van der Waals surface area contributed by atoms with Crippen LogP contribution in [0.15, 0.2) is 24.4 Å². The van der Waals surface area contributed by atoms with E-state index in [1.165, 1.54) is 4.90 Å². The number of likely N-dealkylation sites (N-methyl/N-ethyl adjacent to an activating group) is 1. The minimum absolute atomic E-state index is 0.0375. The topological polar surface area (TPSA) is 151 Å². The van der Waals surface area contributed by atoms with E-state index in [9.17, 15) is 31.1 Å². The highest BCUT2D eigenvalue weighted by Gasteiger charge is 2.39. The molecule has 0 aliphatic carbocycles. The Morgan fingerprint density at radius 1 is 1.08 bits per heavy atom. The molecule has 0 aromatic carbocycles. The fourth-order valence-electron chi connectivity index (χ4n) is 3.08. The van der Waals surface area contributed by atoms with E-state index in [-0.39, 0.29) is 18.4 Å². The van der Waals surface area contributed by atoms with Crippen molar-refractivity contribution in [2.75, 3.05) is 33.9 Å². The summed E-state index contributed by atoms with van der Waals surface area (Å²) in [7, 11) is 5.35. The summed E-state index contributed by atoms with van der Waals surface area (Å²) in [5.41, 5.74) is 3.09. The number of rotatable bonds is 6. The summed E-state index contributed by atoms with van der Waals surface area (Å²) >= 11 is 0. The summed E-state index contributed by atoms with van der Waals surface area (Å²) in [5.74, 6) is -5.42. The zero-order valence-corrected chi connectivity index (χ0v) is 20.9. The zero-order chi connectivity index (χ0) is 30.0. The minimum atomic E-state index is -5.08. The molecule has 218 valence electrons. The van der Waals surface area contributed by atoms with Gasteiger partial charge in [0.2, 0.25) is 5.91 Å². The quantitative estimate of drug-likeness (QED) is 0.490. The lowest BCUT2D eigenvalue weighted by atomic mass is 9.99. The Balaban J connectivity index is 0.000000449. The second kappa shape index (κ2) is 14.4. The van der Waals surface area contributed by atoms with Crippen molar-refractivity contribution in [3.8, 4) is 0 Å². The molecule has 1 aliphatic rings. The molecule has 12 nitrogen and oxygen atoms in total. The monoisotopic (exact) mass is 572 g/mol. The Kier molecular flexibility index (Phi) is 12.3. The van der Waals surface area contributed by atoms with Crippen LogP contribution in [-0.4, -0.2) is 104 Å². The fraction of sp³-hybridized carbons (Fsp3) is 0.524. The normalized spacial score (nSPS) is 15.2. The number of pyridine rings is 1. The molecule has 3 heterocycles. The smallest absolute Gasteiger partial charge is 0.475 e. The summed E-state index contributed by atoms with van der Waals surface area (Å²) in [5, 5.41) is 22.7. The first-order chi connectivity index (χ1) is 17.9. The van der Waals surface area contributed by atoms with Crippen LogP contribution in [0.2, 0.25) is 0 Å². The van der Waals surface area contributed by atoms with Crippen LogP contribution < -0.4 is 0 Å². The number of carboxylic acids is 2. The van der Waals surface area contributed by atoms with E-state index in [0.29, 0.717) is 6.61 Å². The van der Waals surface area contributed by atoms with Gasteiger partial charge < -0.3 is 19.8 Å². The van der Waals surface area contributed by atoms with Gasteiger partial charge in [0.05, 0.1) is 18.0 Å². The summed E-state index contributed by atoms with van der Waals surface area (Å²) in [6, 6.07) is 5.93. The third-order valence-corrected chi connectivity index (χ3v) is 4.82. The molecule has 3 rings (SSSR count). The van der Waals surface area contributed by atoms with Gasteiger partial charge in [-0.2, -0.15) is 26.3 Å². The standard InChI is InChI=1S/C17H24N6O2.2C2HF3O2/c1-21(2)16(24)12-25-11-13-8-23(9-14-6-4-5-7-18-14)10-15-17(13)22(3)20-19-15;2*3-2(4,5)1(6)7/h4-7,13H,8-12H2,1-3H3;2*(H,6,7). The van der Waals surface area contributed by atoms with E-state index >= 15 is 0 Å². The molecule has 0 spiro atoms. The van der Waals surface area contributed by atoms with E-state index in [4.69, 9.17) is 24.5 Å². The Hall–Kier alpha value is -3.80. The molecule has 18 heteroatoms. The summed E-state index contributed by atoms with van der Waals surface area (Å²) < 4.78 is 71.0. The Labute approximate surface area is 217 Å². The number of carbonyl (C=O) groups is 3. The number of nitrogens with zero attached hydrogens (tertiary/aromatic N) is 6. The molecule has 0 saturated heterocycles. The van der Waals surface area contributed by atoms with Gasteiger partial charge in [0.25, 0.3) is 0 Å². The zero-order valence-electron chi connectivity index (χ0n) is 20.9. The Bertz CT molecular complexity index is 1070. The number of fused-ring (bicyclic) bond motifs is 1. The second-order valence-electron chi connectivity index (χ2n) is 8.14.